The van der Waals surface area contributed by atoms with Gasteiger partial charge in [-0.25, -0.2) is 4.39 Å². The van der Waals surface area contributed by atoms with E-state index in [-0.39, 0.29) is 23.8 Å². The second-order valence-corrected chi connectivity index (χ2v) is 5.82. The SMILES string of the molecule is C[C@@H]1CCC[C@H](C)N1C(=O)c1cc(F)ccc1Br. The van der Waals surface area contributed by atoms with Gasteiger partial charge in [0, 0.05) is 16.6 Å². The van der Waals surface area contributed by atoms with E-state index in [9.17, 15) is 9.18 Å². The Hall–Kier alpha value is -0.900. The van der Waals surface area contributed by atoms with E-state index in [1.54, 1.807) is 6.07 Å². The summed E-state index contributed by atoms with van der Waals surface area (Å²) >= 11 is 3.32. The minimum absolute atomic E-state index is 0.0823. The summed E-state index contributed by atoms with van der Waals surface area (Å²) in [5.74, 6) is -0.458. The normalized spacial score (nSPS) is 24.1. The number of rotatable bonds is 1. The number of hydrogen-bond donors (Lipinski definition) is 0. The monoisotopic (exact) mass is 313 g/mol. The zero-order valence-electron chi connectivity index (χ0n) is 10.6. The first-order valence-corrected chi connectivity index (χ1v) is 7.07. The molecule has 18 heavy (non-hydrogen) atoms. The van der Waals surface area contributed by atoms with E-state index in [2.05, 4.69) is 29.8 Å². The van der Waals surface area contributed by atoms with Crippen molar-refractivity contribution in [2.45, 2.75) is 45.2 Å². The smallest absolute Gasteiger partial charge is 0.255 e. The fraction of sp³-hybridized carbons (Fsp3) is 0.500. The van der Waals surface area contributed by atoms with Gasteiger partial charge in [-0.15, -0.1) is 0 Å². The van der Waals surface area contributed by atoms with E-state index in [0.29, 0.717) is 10.0 Å². The highest BCUT2D eigenvalue weighted by Crippen LogP contribution is 2.27. The standard InChI is InChI=1S/C14H17BrFNO/c1-9-4-3-5-10(2)17(9)14(18)12-8-11(16)6-7-13(12)15/h6-10H,3-5H2,1-2H3/t9-,10+. The van der Waals surface area contributed by atoms with Crippen LogP contribution in [0.3, 0.4) is 0 Å². The molecule has 0 aromatic heterocycles. The Morgan fingerprint density at radius 2 is 1.94 bits per heavy atom. The molecule has 1 fully saturated rings. The Balaban J connectivity index is 2.32. The first-order valence-electron chi connectivity index (χ1n) is 6.28. The molecular formula is C14H17BrFNO. The Kier molecular flexibility index (Phi) is 4.05. The lowest BCUT2D eigenvalue weighted by Crippen LogP contribution is -2.47. The van der Waals surface area contributed by atoms with Crippen LogP contribution in [-0.2, 0) is 0 Å². The number of nitrogens with zero attached hydrogens (tertiary/aromatic N) is 1. The fourth-order valence-electron chi connectivity index (χ4n) is 2.62. The molecule has 0 aliphatic carbocycles. The number of halogens is 2. The van der Waals surface area contributed by atoms with Crippen LogP contribution < -0.4 is 0 Å². The summed E-state index contributed by atoms with van der Waals surface area (Å²) in [5.41, 5.74) is 0.413. The van der Waals surface area contributed by atoms with E-state index in [0.717, 1.165) is 19.3 Å². The Morgan fingerprint density at radius 3 is 2.56 bits per heavy atom. The van der Waals surface area contributed by atoms with Gasteiger partial charge >= 0.3 is 0 Å². The molecule has 0 spiro atoms. The van der Waals surface area contributed by atoms with Crippen LogP contribution in [0.5, 0.6) is 0 Å². The quantitative estimate of drug-likeness (QED) is 0.767. The molecule has 4 heteroatoms. The maximum atomic E-state index is 13.3. The van der Waals surface area contributed by atoms with E-state index >= 15 is 0 Å². The second-order valence-electron chi connectivity index (χ2n) is 4.97. The topological polar surface area (TPSA) is 20.3 Å². The zero-order chi connectivity index (χ0) is 13.3. The molecule has 0 N–H and O–H groups in total. The van der Waals surface area contributed by atoms with E-state index in [1.165, 1.54) is 12.1 Å². The number of carbonyl (C=O) groups is 1. The summed E-state index contributed by atoms with van der Waals surface area (Å²) in [5, 5.41) is 0. The van der Waals surface area contributed by atoms with Crippen molar-refractivity contribution in [3.05, 3.63) is 34.1 Å². The van der Waals surface area contributed by atoms with Crippen molar-refractivity contribution in [3.63, 3.8) is 0 Å². The predicted octanol–water partition coefficient (Wildman–Crippen LogP) is 3.99. The summed E-state index contributed by atoms with van der Waals surface area (Å²) in [6.07, 6.45) is 3.18. The van der Waals surface area contributed by atoms with Crippen LogP contribution in [0, 0.1) is 5.82 Å². The van der Waals surface area contributed by atoms with Gasteiger partial charge in [0.05, 0.1) is 5.56 Å². The molecule has 1 amide bonds. The van der Waals surface area contributed by atoms with E-state index in [1.807, 2.05) is 4.90 Å². The van der Waals surface area contributed by atoms with E-state index in [4.69, 9.17) is 0 Å². The Bertz CT molecular complexity index is 453. The molecule has 1 saturated heterocycles. The summed E-state index contributed by atoms with van der Waals surface area (Å²) in [7, 11) is 0. The van der Waals surface area contributed by atoms with E-state index < -0.39 is 0 Å². The number of carbonyl (C=O) groups excluding carboxylic acids is 1. The van der Waals surface area contributed by atoms with Crippen LogP contribution >= 0.6 is 15.9 Å². The molecule has 0 unspecified atom stereocenters. The number of amides is 1. The molecule has 0 radical (unpaired) electrons. The van der Waals surface area contributed by atoms with Crippen LogP contribution in [0.15, 0.2) is 22.7 Å². The minimum Gasteiger partial charge on any atom is -0.333 e. The van der Waals surface area contributed by atoms with Gasteiger partial charge in [0.25, 0.3) is 5.91 Å². The molecule has 2 atom stereocenters. The van der Waals surface area contributed by atoms with Gasteiger partial charge in [0.2, 0.25) is 0 Å². The van der Waals surface area contributed by atoms with Gasteiger partial charge in [0.15, 0.2) is 0 Å². The Morgan fingerprint density at radius 1 is 1.33 bits per heavy atom. The van der Waals surface area contributed by atoms with Gasteiger partial charge in [-0.05, 0) is 67.2 Å². The maximum absolute atomic E-state index is 13.3. The van der Waals surface area contributed by atoms with Gasteiger partial charge in [-0.3, -0.25) is 4.79 Å². The van der Waals surface area contributed by atoms with Crippen molar-refractivity contribution >= 4 is 21.8 Å². The molecule has 0 bridgehead atoms. The first-order chi connectivity index (χ1) is 8.50. The first kappa shape index (κ1) is 13.5. The zero-order valence-corrected chi connectivity index (χ0v) is 12.2. The third-order valence-electron chi connectivity index (χ3n) is 3.59. The Labute approximate surface area is 115 Å². The van der Waals surface area contributed by atoms with Crippen LogP contribution in [0.2, 0.25) is 0 Å². The van der Waals surface area contributed by atoms with Crippen LogP contribution in [0.25, 0.3) is 0 Å². The summed E-state index contributed by atoms with van der Waals surface area (Å²) in [6, 6.07) is 4.68. The molecule has 98 valence electrons. The minimum atomic E-state index is -0.376. The number of likely N-dealkylation sites (tertiary alicyclic amines) is 1. The van der Waals surface area contributed by atoms with Crippen molar-refractivity contribution in [1.82, 2.24) is 4.90 Å². The average Bonchev–Trinajstić information content (AvgIpc) is 2.32. The van der Waals surface area contributed by atoms with Crippen LogP contribution in [0.4, 0.5) is 4.39 Å². The van der Waals surface area contributed by atoms with Crippen molar-refractivity contribution in [1.29, 1.82) is 0 Å². The highest BCUT2D eigenvalue weighted by molar-refractivity contribution is 9.10. The molecule has 1 aromatic carbocycles. The highest BCUT2D eigenvalue weighted by atomic mass is 79.9. The van der Waals surface area contributed by atoms with Gasteiger partial charge in [-0.1, -0.05) is 0 Å². The lowest BCUT2D eigenvalue weighted by Gasteiger charge is -2.39. The number of benzene rings is 1. The van der Waals surface area contributed by atoms with Crippen molar-refractivity contribution in [3.8, 4) is 0 Å². The second kappa shape index (κ2) is 5.39. The molecule has 2 nitrogen and oxygen atoms in total. The molecule has 1 aliphatic heterocycles. The van der Waals surface area contributed by atoms with Gasteiger partial charge in [0.1, 0.15) is 5.82 Å². The average molecular weight is 314 g/mol. The van der Waals surface area contributed by atoms with Crippen molar-refractivity contribution < 1.29 is 9.18 Å². The third-order valence-corrected chi connectivity index (χ3v) is 4.28. The van der Waals surface area contributed by atoms with Crippen LogP contribution in [-0.4, -0.2) is 22.9 Å². The largest absolute Gasteiger partial charge is 0.333 e. The molecular weight excluding hydrogens is 297 g/mol. The van der Waals surface area contributed by atoms with Crippen molar-refractivity contribution in [2.75, 3.05) is 0 Å². The highest BCUT2D eigenvalue weighted by Gasteiger charge is 2.30. The molecule has 1 aromatic rings. The number of piperidine rings is 1. The molecule has 1 heterocycles. The van der Waals surface area contributed by atoms with Crippen molar-refractivity contribution in [2.24, 2.45) is 0 Å². The molecule has 2 rings (SSSR count). The lowest BCUT2D eigenvalue weighted by atomic mass is 9.96. The summed E-state index contributed by atoms with van der Waals surface area (Å²) < 4.78 is 13.9. The summed E-state index contributed by atoms with van der Waals surface area (Å²) in [6.45, 7) is 4.11. The number of hydrogen-bond acceptors (Lipinski definition) is 1. The fourth-order valence-corrected chi connectivity index (χ4v) is 3.04. The maximum Gasteiger partial charge on any atom is 0.255 e. The van der Waals surface area contributed by atoms with Gasteiger partial charge in [-0.2, -0.15) is 0 Å². The van der Waals surface area contributed by atoms with Crippen LogP contribution in [0.1, 0.15) is 43.5 Å². The summed E-state index contributed by atoms with van der Waals surface area (Å²) in [4.78, 5) is 14.4. The predicted molar refractivity (Wildman–Crippen MR) is 73.0 cm³/mol. The van der Waals surface area contributed by atoms with Gasteiger partial charge < -0.3 is 4.90 Å². The molecule has 1 aliphatic rings. The molecule has 0 saturated carbocycles. The third kappa shape index (κ3) is 2.58. The lowest BCUT2D eigenvalue weighted by molar-refractivity contribution is 0.0509.